The average Bonchev–Trinajstić information content (AvgIpc) is 3.00. The van der Waals surface area contributed by atoms with Gasteiger partial charge in [0.15, 0.2) is 0 Å². The number of hydrogen-bond donors (Lipinski definition) is 1. The Kier molecular flexibility index (Phi) is 3.29. The van der Waals surface area contributed by atoms with E-state index < -0.39 is 0 Å². The Morgan fingerprint density at radius 3 is 2.26 bits per heavy atom. The van der Waals surface area contributed by atoms with Crippen LogP contribution in [0.3, 0.4) is 0 Å². The first kappa shape index (κ1) is 12.6. The summed E-state index contributed by atoms with van der Waals surface area (Å²) in [6.45, 7) is 6.93. The summed E-state index contributed by atoms with van der Waals surface area (Å²) in [5.41, 5.74) is 9.74. The quantitative estimate of drug-likeness (QED) is 0.828. The fraction of sp³-hybridized carbons (Fsp3) is 0.625. The second kappa shape index (κ2) is 4.95. The predicted molar refractivity (Wildman–Crippen MR) is 82.9 cm³/mol. The number of nitrogens with zero attached hydrogens (tertiary/aromatic N) is 2. The molecule has 0 amide bonds. The van der Waals surface area contributed by atoms with Gasteiger partial charge in [0.2, 0.25) is 0 Å². The summed E-state index contributed by atoms with van der Waals surface area (Å²) in [7, 11) is 0. The molecule has 0 aromatic heterocycles. The smallest absolute Gasteiger partial charge is 0.0601 e. The molecule has 0 saturated carbocycles. The van der Waals surface area contributed by atoms with Crippen LogP contribution in [0.2, 0.25) is 0 Å². The van der Waals surface area contributed by atoms with E-state index in [0.717, 1.165) is 18.8 Å². The molecule has 2 aliphatic heterocycles. The molecule has 2 fully saturated rings. The lowest BCUT2D eigenvalue weighted by Crippen LogP contribution is -2.32. The largest absolute Gasteiger partial charge is 0.397 e. The Morgan fingerprint density at radius 2 is 1.68 bits per heavy atom. The van der Waals surface area contributed by atoms with Crippen LogP contribution in [-0.2, 0) is 0 Å². The molecule has 0 spiro atoms. The maximum Gasteiger partial charge on any atom is 0.0601 e. The SMILES string of the molecule is C[C@@H]1CC[C@@H](C)N1c1ccc(N2CCCC2)c(N)c1. The lowest BCUT2D eigenvalue weighted by atomic mass is 10.2. The molecule has 0 radical (unpaired) electrons. The third kappa shape index (κ3) is 2.26. The molecular weight excluding hydrogens is 234 g/mol. The number of hydrogen-bond acceptors (Lipinski definition) is 3. The van der Waals surface area contributed by atoms with Gasteiger partial charge >= 0.3 is 0 Å². The highest BCUT2D eigenvalue weighted by Gasteiger charge is 2.27. The minimum absolute atomic E-state index is 0.632. The maximum atomic E-state index is 6.29. The molecule has 3 rings (SSSR count). The zero-order valence-corrected chi connectivity index (χ0v) is 12.1. The number of rotatable bonds is 2. The van der Waals surface area contributed by atoms with Gasteiger partial charge in [-0.15, -0.1) is 0 Å². The molecule has 2 heterocycles. The summed E-state index contributed by atoms with van der Waals surface area (Å²) in [6, 6.07) is 7.90. The monoisotopic (exact) mass is 259 g/mol. The molecule has 3 nitrogen and oxygen atoms in total. The molecule has 1 aromatic rings. The fourth-order valence-electron chi connectivity index (χ4n) is 3.65. The van der Waals surface area contributed by atoms with Gasteiger partial charge in [-0.3, -0.25) is 0 Å². The number of nitrogen functional groups attached to an aromatic ring is 1. The van der Waals surface area contributed by atoms with Crippen molar-refractivity contribution in [3.63, 3.8) is 0 Å². The summed E-state index contributed by atoms with van der Waals surface area (Å²) in [4.78, 5) is 4.93. The Morgan fingerprint density at radius 1 is 1.05 bits per heavy atom. The zero-order valence-electron chi connectivity index (χ0n) is 12.1. The van der Waals surface area contributed by atoms with Gasteiger partial charge in [-0.05, 0) is 57.7 Å². The normalized spacial score (nSPS) is 27.3. The number of anilines is 3. The van der Waals surface area contributed by atoms with Crippen molar-refractivity contribution in [2.24, 2.45) is 0 Å². The van der Waals surface area contributed by atoms with E-state index in [0.29, 0.717) is 12.1 Å². The highest BCUT2D eigenvalue weighted by Crippen LogP contribution is 2.35. The first-order valence-electron chi connectivity index (χ1n) is 7.59. The van der Waals surface area contributed by atoms with Crippen molar-refractivity contribution in [2.45, 2.75) is 51.6 Å². The lowest BCUT2D eigenvalue weighted by Gasteiger charge is -2.30. The first-order chi connectivity index (χ1) is 9.16. The molecule has 0 aliphatic carbocycles. The predicted octanol–water partition coefficient (Wildman–Crippen LogP) is 3.25. The molecule has 3 heteroatoms. The Labute approximate surface area is 116 Å². The lowest BCUT2D eigenvalue weighted by molar-refractivity contribution is 0.694. The fourth-order valence-corrected chi connectivity index (χ4v) is 3.65. The van der Waals surface area contributed by atoms with Gasteiger partial charge in [-0.25, -0.2) is 0 Å². The Balaban J connectivity index is 1.86. The summed E-state index contributed by atoms with van der Waals surface area (Å²) >= 11 is 0. The molecule has 2 atom stereocenters. The van der Waals surface area contributed by atoms with Gasteiger partial charge in [0, 0.05) is 30.9 Å². The third-order valence-electron chi connectivity index (χ3n) is 4.71. The Hall–Kier alpha value is -1.38. The van der Waals surface area contributed by atoms with E-state index in [2.05, 4.69) is 41.8 Å². The van der Waals surface area contributed by atoms with Crippen molar-refractivity contribution in [1.82, 2.24) is 0 Å². The second-order valence-electron chi connectivity index (χ2n) is 6.12. The summed E-state index contributed by atoms with van der Waals surface area (Å²) in [6.07, 6.45) is 5.16. The standard InChI is InChI=1S/C16H25N3/c1-12-5-6-13(2)19(12)14-7-8-16(15(17)11-14)18-9-3-4-10-18/h7-8,11-13H,3-6,9-10,17H2,1-2H3/t12-,13-/m1/s1. The van der Waals surface area contributed by atoms with Crippen molar-refractivity contribution in [1.29, 1.82) is 0 Å². The summed E-state index contributed by atoms with van der Waals surface area (Å²) in [5.74, 6) is 0. The third-order valence-corrected chi connectivity index (χ3v) is 4.71. The molecule has 2 aliphatic rings. The van der Waals surface area contributed by atoms with Crippen molar-refractivity contribution in [2.75, 3.05) is 28.6 Å². The van der Waals surface area contributed by atoms with E-state index in [4.69, 9.17) is 5.73 Å². The van der Waals surface area contributed by atoms with Crippen LogP contribution >= 0.6 is 0 Å². The van der Waals surface area contributed by atoms with Crippen LogP contribution in [0, 0.1) is 0 Å². The van der Waals surface area contributed by atoms with E-state index >= 15 is 0 Å². The molecule has 0 unspecified atom stereocenters. The second-order valence-corrected chi connectivity index (χ2v) is 6.12. The van der Waals surface area contributed by atoms with Gasteiger partial charge in [-0.2, -0.15) is 0 Å². The zero-order chi connectivity index (χ0) is 13.4. The van der Waals surface area contributed by atoms with Crippen LogP contribution in [0.1, 0.15) is 39.5 Å². The molecule has 2 saturated heterocycles. The van der Waals surface area contributed by atoms with Crippen molar-refractivity contribution in [3.05, 3.63) is 18.2 Å². The van der Waals surface area contributed by atoms with E-state index in [1.165, 1.54) is 37.1 Å². The van der Waals surface area contributed by atoms with Crippen LogP contribution in [0.15, 0.2) is 18.2 Å². The van der Waals surface area contributed by atoms with E-state index in [-0.39, 0.29) is 0 Å². The molecule has 0 bridgehead atoms. The minimum Gasteiger partial charge on any atom is -0.397 e. The van der Waals surface area contributed by atoms with Crippen LogP contribution in [0.5, 0.6) is 0 Å². The van der Waals surface area contributed by atoms with Crippen molar-refractivity contribution < 1.29 is 0 Å². The minimum atomic E-state index is 0.632. The van der Waals surface area contributed by atoms with Crippen LogP contribution in [0.25, 0.3) is 0 Å². The maximum absolute atomic E-state index is 6.29. The van der Waals surface area contributed by atoms with Gasteiger partial charge in [0.1, 0.15) is 0 Å². The summed E-state index contributed by atoms with van der Waals surface area (Å²) < 4.78 is 0. The van der Waals surface area contributed by atoms with Gasteiger partial charge in [0.05, 0.1) is 11.4 Å². The number of benzene rings is 1. The topological polar surface area (TPSA) is 32.5 Å². The Bertz CT molecular complexity index is 441. The van der Waals surface area contributed by atoms with E-state index in [1.807, 2.05) is 0 Å². The molecule has 104 valence electrons. The van der Waals surface area contributed by atoms with E-state index in [9.17, 15) is 0 Å². The molecule has 2 N–H and O–H groups in total. The van der Waals surface area contributed by atoms with Crippen molar-refractivity contribution in [3.8, 4) is 0 Å². The summed E-state index contributed by atoms with van der Waals surface area (Å²) in [5, 5.41) is 0. The van der Waals surface area contributed by atoms with Gasteiger partial charge in [0.25, 0.3) is 0 Å². The van der Waals surface area contributed by atoms with E-state index in [1.54, 1.807) is 0 Å². The van der Waals surface area contributed by atoms with Gasteiger partial charge in [-0.1, -0.05) is 0 Å². The molecule has 1 aromatic carbocycles. The van der Waals surface area contributed by atoms with Crippen LogP contribution in [-0.4, -0.2) is 25.2 Å². The highest BCUT2D eigenvalue weighted by atomic mass is 15.2. The molecular formula is C16H25N3. The number of nitrogens with two attached hydrogens (primary N) is 1. The first-order valence-corrected chi connectivity index (χ1v) is 7.59. The van der Waals surface area contributed by atoms with Gasteiger partial charge < -0.3 is 15.5 Å². The highest BCUT2D eigenvalue weighted by molar-refractivity contribution is 5.73. The van der Waals surface area contributed by atoms with Crippen LogP contribution < -0.4 is 15.5 Å². The van der Waals surface area contributed by atoms with Crippen LogP contribution in [0.4, 0.5) is 17.1 Å². The van der Waals surface area contributed by atoms with Crippen molar-refractivity contribution >= 4 is 17.1 Å². The average molecular weight is 259 g/mol. The molecule has 19 heavy (non-hydrogen) atoms.